The fourth-order valence-electron chi connectivity index (χ4n) is 4.25. The van der Waals surface area contributed by atoms with Gasteiger partial charge in [-0.15, -0.1) is 0 Å². The highest BCUT2D eigenvalue weighted by Gasteiger charge is 2.42. The van der Waals surface area contributed by atoms with Crippen LogP contribution in [-0.2, 0) is 0 Å². The molecule has 1 heterocycles. The minimum atomic E-state index is -0.891. The third kappa shape index (κ3) is 5.85. The molecule has 0 atom stereocenters. The first-order valence-corrected chi connectivity index (χ1v) is 13.2. The fraction of sp³-hybridized carbons (Fsp3) is 0.0333. The molecule has 0 radical (unpaired) electrons. The average Bonchev–Trinajstić information content (AvgIpc) is 3.25. The number of ketones is 1. The number of non-ortho nitro benzene ring substituents is 1. The molecule has 5 rings (SSSR count). The van der Waals surface area contributed by atoms with Gasteiger partial charge in [0, 0.05) is 22.7 Å². The maximum absolute atomic E-state index is 13.6. The highest BCUT2D eigenvalue weighted by molar-refractivity contribution is 6.37. The number of hydrogen-bond donors (Lipinski definition) is 0. The van der Waals surface area contributed by atoms with Gasteiger partial charge in [0.15, 0.2) is 5.78 Å². The standard InChI is InChI=1S/C30H17Cl2N3O8/c31-19-9-14-24(25(32)15-19)27(37)33(34-28(38)22-3-1-2-4-23(22)29(34)39)16-26(36)17-7-12-21(13-8-17)43-30(40)18-5-10-20(11-6-18)35(41)42/h1-15H,16H2. The van der Waals surface area contributed by atoms with Crippen molar-refractivity contribution in [1.29, 1.82) is 0 Å². The van der Waals surface area contributed by atoms with Crippen LogP contribution in [0.2, 0.25) is 10.0 Å². The van der Waals surface area contributed by atoms with Crippen LogP contribution in [0, 0.1) is 10.1 Å². The van der Waals surface area contributed by atoms with E-state index < -0.39 is 40.9 Å². The molecule has 0 saturated heterocycles. The summed E-state index contributed by atoms with van der Waals surface area (Å²) in [5, 5.41) is 12.3. The largest absolute Gasteiger partial charge is 0.423 e. The molecule has 1 aliphatic heterocycles. The van der Waals surface area contributed by atoms with Gasteiger partial charge in [0.05, 0.1) is 32.2 Å². The lowest BCUT2D eigenvalue weighted by Gasteiger charge is -2.29. The number of hydrogen-bond acceptors (Lipinski definition) is 8. The predicted molar refractivity (Wildman–Crippen MR) is 153 cm³/mol. The van der Waals surface area contributed by atoms with Gasteiger partial charge in [-0.2, -0.15) is 5.01 Å². The number of amides is 3. The molecule has 0 spiro atoms. The Kier molecular flexibility index (Phi) is 8.02. The molecule has 1 aliphatic rings. The lowest BCUT2D eigenvalue weighted by Crippen LogP contribution is -2.51. The third-order valence-corrected chi connectivity index (χ3v) is 6.95. The SMILES string of the molecule is O=C(CN(C(=O)c1ccc(Cl)cc1Cl)N1C(=O)c2ccccc2C1=O)c1ccc(OC(=O)c2ccc([N+](=O)[O-])cc2)cc1. The number of halogens is 2. The van der Waals surface area contributed by atoms with Crippen molar-refractivity contribution in [2.24, 2.45) is 0 Å². The monoisotopic (exact) mass is 617 g/mol. The van der Waals surface area contributed by atoms with Gasteiger partial charge in [-0.25, -0.2) is 9.80 Å². The molecule has 0 N–H and O–H groups in total. The quantitative estimate of drug-likeness (QED) is 0.0615. The summed E-state index contributed by atoms with van der Waals surface area (Å²) in [7, 11) is 0. The number of nitrogens with zero attached hydrogens (tertiary/aromatic N) is 3. The molecule has 0 aromatic heterocycles. The second kappa shape index (κ2) is 11.8. The van der Waals surface area contributed by atoms with Gasteiger partial charge in [0.25, 0.3) is 23.4 Å². The Bertz CT molecular complexity index is 1790. The van der Waals surface area contributed by atoms with E-state index in [1.807, 2.05) is 0 Å². The summed E-state index contributed by atoms with van der Waals surface area (Å²) in [4.78, 5) is 76.1. The first-order valence-electron chi connectivity index (χ1n) is 12.4. The number of hydrazine groups is 1. The molecule has 0 bridgehead atoms. The number of carbonyl (C=O) groups excluding carboxylic acids is 5. The number of imide groups is 1. The van der Waals surface area contributed by atoms with Gasteiger partial charge >= 0.3 is 5.97 Å². The minimum Gasteiger partial charge on any atom is -0.423 e. The van der Waals surface area contributed by atoms with Crippen LogP contribution in [0.25, 0.3) is 0 Å². The molecule has 4 aromatic carbocycles. The molecule has 43 heavy (non-hydrogen) atoms. The van der Waals surface area contributed by atoms with Crippen molar-refractivity contribution in [1.82, 2.24) is 10.0 Å². The Morgan fingerprint density at radius 1 is 0.814 bits per heavy atom. The maximum Gasteiger partial charge on any atom is 0.343 e. The molecule has 11 nitrogen and oxygen atoms in total. The van der Waals surface area contributed by atoms with Crippen LogP contribution in [0.4, 0.5) is 5.69 Å². The van der Waals surface area contributed by atoms with E-state index >= 15 is 0 Å². The van der Waals surface area contributed by atoms with E-state index in [1.165, 1.54) is 66.7 Å². The summed E-state index contributed by atoms with van der Waals surface area (Å²) >= 11 is 12.2. The fourth-order valence-corrected chi connectivity index (χ4v) is 4.74. The number of esters is 1. The Hall–Kier alpha value is -5.39. The van der Waals surface area contributed by atoms with Gasteiger partial charge in [0.1, 0.15) is 12.3 Å². The molecule has 3 amide bonds. The summed E-state index contributed by atoms with van der Waals surface area (Å²) in [6.07, 6.45) is 0. The number of fused-ring (bicyclic) bond motifs is 1. The van der Waals surface area contributed by atoms with Gasteiger partial charge in [-0.1, -0.05) is 35.3 Å². The van der Waals surface area contributed by atoms with Crippen molar-refractivity contribution in [3.8, 4) is 5.75 Å². The van der Waals surface area contributed by atoms with Crippen molar-refractivity contribution < 1.29 is 33.6 Å². The Balaban J connectivity index is 1.38. The van der Waals surface area contributed by atoms with Crippen LogP contribution >= 0.6 is 23.2 Å². The number of nitro benzene ring substituents is 1. The van der Waals surface area contributed by atoms with Crippen LogP contribution in [0.3, 0.4) is 0 Å². The smallest absolute Gasteiger partial charge is 0.343 e. The first-order chi connectivity index (χ1) is 20.5. The molecular formula is C30H17Cl2N3O8. The Morgan fingerprint density at radius 2 is 1.40 bits per heavy atom. The summed E-state index contributed by atoms with van der Waals surface area (Å²) in [5.41, 5.74) is 0.00199. The zero-order chi connectivity index (χ0) is 30.8. The lowest BCUT2D eigenvalue weighted by atomic mass is 10.1. The van der Waals surface area contributed by atoms with Crippen molar-refractivity contribution >= 4 is 58.4 Å². The zero-order valence-corrected chi connectivity index (χ0v) is 23.2. The third-order valence-electron chi connectivity index (χ3n) is 6.40. The van der Waals surface area contributed by atoms with Crippen LogP contribution in [0.1, 0.15) is 51.8 Å². The molecule has 0 unspecified atom stereocenters. The van der Waals surface area contributed by atoms with Gasteiger partial charge in [0.2, 0.25) is 0 Å². The van der Waals surface area contributed by atoms with E-state index in [0.29, 0.717) is 5.01 Å². The Labute approximate surface area is 252 Å². The van der Waals surface area contributed by atoms with E-state index in [4.69, 9.17) is 27.9 Å². The molecule has 0 saturated carbocycles. The van der Waals surface area contributed by atoms with Gasteiger partial charge in [-0.05, 0) is 66.7 Å². The highest BCUT2D eigenvalue weighted by Crippen LogP contribution is 2.28. The summed E-state index contributed by atoms with van der Waals surface area (Å²) < 4.78 is 5.27. The van der Waals surface area contributed by atoms with Crippen molar-refractivity contribution in [2.75, 3.05) is 6.54 Å². The second-order valence-electron chi connectivity index (χ2n) is 9.10. The number of Topliss-reactive ketones (excluding diaryl/α,β-unsaturated/α-hetero) is 1. The molecule has 4 aromatic rings. The van der Waals surface area contributed by atoms with Crippen LogP contribution < -0.4 is 4.74 Å². The van der Waals surface area contributed by atoms with E-state index in [1.54, 1.807) is 12.1 Å². The minimum absolute atomic E-state index is 0.0502. The molecular weight excluding hydrogens is 601 g/mol. The van der Waals surface area contributed by atoms with Crippen LogP contribution in [0.15, 0.2) is 91.0 Å². The summed E-state index contributed by atoms with van der Waals surface area (Å²) in [6.45, 7) is -0.717. The lowest BCUT2D eigenvalue weighted by molar-refractivity contribution is -0.384. The number of benzene rings is 4. The summed E-state index contributed by atoms with van der Waals surface area (Å²) in [6, 6.07) is 20.2. The van der Waals surface area contributed by atoms with Crippen LogP contribution in [-0.4, -0.2) is 51.0 Å². The highest BCUT2D eigenvalue weighted by atomic mass is 35.5. The van der Waals surface area contributed by atoms with Crippen molar-refractivity contribution in [2.45, 2.75) is 0 Å². The molecule has 214 valence electrons. The van der Waals surface area contributed by atoms with Gasteiger partial charge < -0.3 is 4.74 Å². The van der Waals surface area contributed by atoms with Crippen LogP contribution in [0.5, 0.6) is 5.75 Å². The number of nitro groups is 1. The molecule has 13 heteroatoms. The van der Waals surface area contributed by atoms with Gasteiger partial charge in [-0.3, -0.25) is 29.3 Å². The average molecular weight is 618 g/mol. The molecule has 0 aliphatic carbocycles. The second-order valence-corrected chi connectivity index (χ2v) is 9.94. The molecule has 0 fully saturated rings. The van der Waals surface area contributed by atoms with E-state index in [-0.39, 0.29) is 49.3 Å². The Morgan fingerprint density at radius 3 is 1.95 bits per heavy atom. The van der Waals surface area contributed by atoms with E-state index in [2.05, 4.69) is 0 Å². The maximum atomic E-state index is 13.6. The van der Waals surface area contributed by atoms with E-state index in [9.17, 15) is 34.1 Å². The topological polar surface area (TPSA) is 144 Å². The number of carbonyl (C=O) groups is 5. The predicted octanol–water partition coefficient (Wildman–Crippen LogP) is 5.66. The van der Waals surface area contributed by atoms with Crippen molar-refractivity contribution in [3.63, 3.8) is 0 Å². The number of rotatable bonds is 8. The summed E-state index contributed by atoms with van der Waals surface area (Å²) in [5.74, 6) is -3.83. The van der Waals surface area contributed by atoms with E-state index in [0.717, 1.165) is 17.1 Å². The normalized spacial score (nSPS) is 12.1. The van der Waals surface area contributed by atoms with Crippen molar-refractivity contribution in [3.05, 3.63) is 139 Å². The zero-order valence-electron chi connectivity index (χ0n) is 21.7. The first kappa shape index (κ1) is 29.1. The number of ether oxygens (including phenoxy) is 1.